The summed E-state index contributed by atoms with van der Waals surface area (Å²) in [5.41, 5.74) is 7.55. The van der Waals surface area contributed by atoms with Gasteiger partial charge in [0.15, 0.2) is 0 Å². The molecule has 0 unspecified atom stereocenters. The zero-order valence-corrected chi connectivity index (χ0v) is 8.97. The van der Waals surface area contributed by atoms with Crippen LogP contribution in [0.5, 0.6) is 0 Å². The van der Waals surface area contributed by atoms with Gasteiger partial charge in [-0.1, -0.05) is 18.2 Å². The van der Waals surface area contributed by atoms with Crippen LogP contribution in [0.25, 0.3) is 16.6 Å². The van der Waals surface area contributed by atoms with E-state index in [0.29, 0.717) is 5.39 Å². The fourth-order valence-electron chi connectivity index (χ4n) is 1.87. The van der Waals surface area contributed by atoms with E-state index in [4.69, 9.17) is 5.73 Å². The van der Waals surface area contributed by atoms with Crippen LogP contribution in [0.2, 0.25) is 0 Å². The van der Waals surface area contributed by atoms with Gasteiger partial charge in [0.2, 0.25) is 0 Å². The van der Waals surface area contributed by atoms with Crippen LogP contribution in [0.1, 0.15) is 0 Å². The van der Waals surface area contributed by atoms with Crippen LogP contribution in [0.3, 0.4) is 0 Å². The van der Waals surface area contributed by atoms with Crippen molar-refractivity contribution in [3.8, 4) is 5.69 Å². The Balaban J connectivity index is 2.30. The van der Waals surface area contributed by atoms with E-state index in [9.17, 15) is 4.39 Å². The van der Waals surface area contributed by atoms with Gasteiger partial charge in [-0.05, 0) is 24.3 Å². The molecule has 0 amide bonds. The number of nitrogen functional groups attached to an aromatic ring is 1. The number of fused-ring (bicyclic) bond motifs is 1. The summed E-state index contributed by atoms with van der Waals surface area (Å²) in [6.07, 6.45) is 1.58. The lowest BCUT2D eigenvalue weighted by Gasteiger charge is -2.03. The normalized spacial score (nSPS) is 10.9. The molecule has 0 saturated heterocycles. The number of hydrogen-bond acceptors (Lipinski definition) is 2. The van der Waals surface area contributed by atoms with E-state index < -0.39 is 5.82 Å². The molecule has 1 aromatic heterocycles. The summed E-state index contributed by atoms with van der Waals surface area (Å²) in [6.45, 7) is 0. The molecule has 0 aliphatic carbocycles. The average molecular weight is 227 g/mol. The summed E-state index contributed by atoms with van der Waals surface area (Å²) in [5, 5.41) is 4.87. The first-order valence-electron chi connectivity index (χ1n) is 5.24. The highest BCUT2D eigenvalue weighted by Gasteiger charge is 2.09. The fraction of sp³-hybridized carbons (Fsp3) is 0. The first kappa shape index (κ1) is 9.84. The Morgan fingerprint density at radius 2 is 1.82 bits per heavy atom. The van der Waals surface area contributed by atoms with E-state index in [-0.39, 0.29) is 5.69 Å². The van der Waals surface area contributed by atoms with E-state index in [1.54, 1.807) is 16.9 Å². The first-order valence-corrected chi connectivity index (χ1v) is 5.24. The van der Waals surface area contributed by atoms with E-state index in [2.05, 4.69) is 5.10 Å². The Morgan fingerprint density at radius 1 is 1.06 bits per heavy atom. The molecule has 3 rings (SSSR count). The zero-order valence-electron chi connectivity index (χ0n) is 8.97. The minimum atomic E-state index is -0.412. The number of para-hydroxylation sites is 1. The number of halogens is 1. The van der Waals surface area contributed by atoms with Crippen LogP contribution in [-0.2, 0) is 0 Å². The summed E-state index contributed by atoms with van der Waals surface area (Å²) >= 11 is 0. The van der Waals surface area contributed by atoms with Gasteiger partial charge in [0.1, 0.15) is 5.82 Å². The van der Waals surface area contributed by atoms with Gasteiger partial charge >= 0.3 is 0 Å². The Kier molecular flexibility index (Phi) is 2.08. The second-order valence-corrected chi connectivity index (χ2v) is 3.79. The van der Waals surface area contributed by atoms with E-state index >= 15 is 0 Å². The van der Waals surface area contributed by atoms with Gasteiger partial charge in [0, 0.05) is 5.39 Å². The molecule has 3 nitrogen and oxygen atoms in total. The van der Waals surface area contributed by atoms with Crippen LogP contribution in [0.4, 0.5) is 10.1 Å². The molecule has 0 radical (unpaired) electrons. The maximum Gasteiger partial charge on any atom is 0.146 e. The molecule has 0 fully saturated rings. The average Bonchev–Trinajstić information content (AvgIpc) is 2.79. The number of rotatable bonds is 1. The number of nitrogens with zero attached hydrogens (tertiary/aromatic N) is 2. The molecule has 17 heavy (non-hydrogen) atoms. The molecule has 0 bridgehead atoms. The Morgan fingerprint density at radius 3 is 2.59 bits per heavy atom. The molecule has 3 aromatic rings. The Hall–Kier alpha value is -2.36. The third-order valence-corrected chi connectivity index (χ3v) is 2.74. The number of anilines is 1. The van der Waals surface area contributed by atoms with Crippen LogP contribution in [0.15, 0.2) is 48.7 Å². The summed E-state index contributed by atoms with van der Waals surface area (Å²) in [7, 11) is 0. The van der Waals surface area contributed by atoms with Crippen molar-refractivity contribution in [1.82, 2.24) is 9.78 Å². The molecule has 0 saturated carbocycles. The standard InChI is InChI=1S/C13H10FN3/c14-11-6-7-12-10(13(11)15)8-16-17(12)9-4-2-1-3-5-9/h1-8H,15H2. The van der Waals surface area contributed by atoms with Gasteiger partial charge in [-0.15, -0.1) is 0 Å². The molecule has 2 aromatic carbocycles. The van der Waals surface area contributed by atoms with E-state index in [1.807, 2.05) is 30.3 Å². The molecule has 0 aliphatic heterocycles. The molecule has 0 atom stereocenters. The summed E-state index contributed by atoms with van der Waals surface area (Å²) < 4.78 is 15.0. The highest BCUT2D eigenvalue weighted by Crippen LogP contribution is 2.25. The summed E-state index contributed by atoms with van der Waals surface area (Å²) in [6, 6.07) is 12.7. The van der Waals surface area contributed by atoms with Crippen molar-refractivity contribution in [3.63, 3.8) is 0 Å². The van der Waals surface area contributed by atoms with Crippen molar-refractivity contribution in [2.24, 2.45) is 0 Å². The summed E-state index contributed by atoms with van der Waals surface area (Å²) in [4.78, 5) is 0. The van der Waals surface area contributed by atoms with Crippen LogP contribution < -0.4 is 5.73 Å². The van der Waals surface area contributed by atoms with E-state index in [0.717, 1.165) is 11.2 Å². The van der Waals surface area contributed by atoms with Gasteiger partial charge in [-0.25, -0.2) is 9.07 Å². The predicted molar refractivity (Wildman–Crippen MR) is 65.4 cm³/mol. The van der Waals surface area contributed by atoms with Crippen LogP contribution in [0, 0.1) is 5.82 Å². The number of benzene rings is 2. The largest absolute Gasteiger partial charge is 0.396 e. The van der Waals surface area contributed by atoms with Crippen molar-refractivity contribution in [3.05, 3.63) is 54.5 Å². The number of nitrogens with two attached hydrogens (primary N) is 1. The zero-order chi connectivity index (χ0) is 11.8. The van der Waals surface area contributed by atoms with Gasteiger partial charge < -0.3 is 5.73 Å². The molecule has 84 valence electrons. The van der Waals surface area contributed by atoms with Gasteiger partial charge in [-0.2, -0.15) is 5.10 Å². The van der Waals surface area contributed by atoms with Gasteiger partial charge in [-0.3, -0.25) is 0 Å². The molecule has 1 heterocycles. The predicted octanol–water partition coefficient (Wildman–Crippen LogP) is 2.75. The maximum atomic E-state index is 13.3. The minimum absolute atomic E-state index is 0.143. The summed E-state index contributed by atoms with van der Waals surface area (Å²) in [5.74, 6) is -0.412. The molecular weight excluding hydrogens is 217 g/mol. The van der Waals surface area contributed by atoms with Crippen molar-refractivity contribution >= 4 is 16.6 Å². The van der Waals surface area contributed by atoms with Crippen LogP contribution in [-0.4, -0.2) is 9.78 Å². The maximum absolute atomic E-state index is 13.3. The quantitative estimate of drug-likeness (QED) is 0.649. The molecule has 0 aliphatic rings. The number of hydrogen-bond donors (Lipinski definition) is 1. The van der Waals surface area contributed by atoms with Crippen LogP contribution >= 0.6 is 0 Å². The SMILES string of the molecule is Nc1c(F)ccc2c1cnn2-c1ccccc1. The third-order valence-electron chi connectivity index (χ3n) is 2.74. The minimum Gasteiger partial charge on any atom is -0.396 e. The van der Waals surface area contributed by atoms with Crippen molar-refractivity contribution in [2.75, 3.05) is 5.73 Å². The lowest BCUT2D eigenvalue weighted by atomic mass is 10.2. The highest BCUT2D eigenvalue weighted by atomic mass is 19.1. The monoisotopic (exact) mass is 227 g/mol. The second kappa shape index (κ2) is 3.59. The topological polar surface area (TPSA) is 43.8 Å². The highest BCUT2D eigenvalue weighted by molar-refractivity contribution is 5.91. The fourth-order valence-corrected chi connectivity index (χ4v) is 1.87. The first-order chi connectivity index (χ1) is 8.27. The smallest absolute Gasteiger partial charge is 0.146 e. The second-order valence-electron chi connectivity index (χ2n) is 3.79. The van der Waals surface area contributed by atoms with Gasteiger partial charge in [0.25, 0.3) is 0 Å². The van der Waals surface area contributed by atoms with Gasteiger partial charge in [0.05, 0.1) is 23.1 Å². The lowest BCUT2D eigenvalue weighted by Crippen LogP contribution is -1.96. The molecule has 2 N–H and O–H groups in total. The lowest BCUT2D eigenvalue weighted by molar-refractivity contribution is 0.634. The Labute approximate surface area is 97.3 Å². The molecule has 4 heteroatoms. The van der Waals surface area contributed by atoms with Crippen molar-refractivity contribution in [1.29, 1.82) is 0 Å². The van der Waals surface area contributed by atoms with E-state index in [1.165, 1.54) is 6.07 Å². The molecular formula is C13H10FN3. The van der Waals surface area contributed by atoms with Crippen molar-refractivity contribution < 1.29 is 4.39 Å². The van der Waals surface area contributed by atoms with Crippen molar-refractivity contribution in [2.45, 2.75) is 0 Å². The Bertz CT molecular complexity index is 674. The molecule has 0 spiro atoms. The third kappa shape index (κ3) is 1.45. The number of aromatic nitrogens is 2.